The van der Waals surface area contributed by atoms with Gasteiger partial charge in [0.2, 0.25) is 0 Å². The summed E-state index contributed by atoms with van der Waals surface area (Å²) in [4.78, 5) is 14.8. The highest BCUT2D eigenvalue weighted by Crippen LogP contribution is 2.64. The average Bonchev–Trinajstić information content (AvgIpc) is 3.59. The molecular formula is C53H34N4O. The van der Waals surface area contributed by atoms with E-state index in [1.54, 1.807) is 0 Å². The van der Waals surface area contributed by atoms with E-state index >= 15 is 0 Å². The summed E-state index contributed by atoms with van der Waals surface area (Å²) in [5, 5.41) is 9.91. The summed E-state index contributed by atoms with van der Waals surface area (Å²) in [7, 11) is 0. The highest BCUT2D eigenvalue weighted by atomic mass is 16.5. The van der Waals surface area contributed by atoms with Crippen molar-refractivity contribution in [3.05, 3.63) is 222 Å². The summed E-state index contributed by atoms with van der Waals surface area (Å²) in [6.07, 6.45) is 9.02. The molecule has 1 aliphatic heterocycles. The predicted octanol–water partition coefficient (Wildman–Crippen LogP) is 12.4. The monoisotopic (exact) mass is 742 g/mol. The Morgan fingerprint density at radius 1 is 0.448 bits per heavy atom. The Kier molecular flexibility index (Phi) is 7.84. The zero-order chi connectivity index (χ0) is 38.6. The molecule has 58 heavy (non-hydrogen) atoms. The van der Waals surface area contributed by atoms with Crippen LogP contribution in [0.3, 0.4) is 0 Å². The first-order chi connectivity index (χ1) is 28.7. The van der Waals surface area contributed by atoms with Crippen LogP contribution < -0.4 is 4.74 Å². The van der Waals surface area contributed by atoms with Crippen molar-refractivity contribution >= 4 is 0 Å². The normalized spacial score (nSPS) is 18.1. The molecule has 0 amide bonds. The molecular weight excluding hydrogens is 709 g/mol. The number of fused-ring (bicyclic) bond motifs is 9. The third-order valence-electron chi connectivity index (χ3n) is 11.9. The molecule has 0 saturated heterocycles. The number of rotatable bonds is 5. The number of nitrogens with zero attached hydrogens (tertiary/aromatic N) is 4. The van der Waals surface area contributed by atoms with Gasteiger partial charge in [0, 0.05) is 39.7 Å². The molecule has 1 spiro atoms. The van der Waals surface area contributed by atoms with Crippen LogP contribution in [-0.4, -0.2) is 15.0 Å². The lowest BCUT2D eigenvalue weighted by Crippen LogP contribution is -2.37. The second kappa shape index (κ2) is 13.5. The van der Waals surface area contributed by atoms with Crippen molar-refractivity contribution in [3.8, 4) is 74.0 Å². The third-order valence-corrected chi connectivity index (χ3v) is 11.9. The van der Waals surface area contributed by atoms with Crippen LogP contribution in [0.1, 0.15) is 33.7 Å². The molecule has 0 saturated carbocycles. The van der Waals surface area contributed by atoms with Crippen LogP contribution in [-0.2, 0) is 5.41 Å². The van der Waals surface area contributed by atoms with Gasteiger partial charge in [-0.25, -0.2) is 15.0 Å². The van der Waals surface area contributed by atoms with Crippen LogP contribution >= 0.6 is 0 Å². The molecule has 5 heteroatoms. The van der Waals surface area contributed by atoms with Crippen LogP contribution in [0.5, 0.6) is 11.5 Å². The second-order valence-electron chi connectivity index (χ2n) is 15.1. The molecule has 0 fully saturated rings. The van der Waals surface area contributed by atoms with Gasteiger partial charge in [0.25, 0.3) is 0 Å². The first-order valence-corrected chi connectivity index (χ1v) is 19.6. The summed E-state index contributed by atoms with van der Waals surface area (Å²) < 4.78 is 6.81. The highest BCUT2D eigenvalue weighted by Gasteiger charge is 2.56. The Morgan fingerprint density at radius 3 is 1.64 bits per heavy atom. The Labute approximate surface area is 337 Å². The molecule has 3 atom stereocenters. The van der Waals surface area contributed by atoms with Gasteiger partial charge >= 0.3 is 0 Å². The lowest BCUT2D eigenvalue weighted by atomic mass is 9.61. The van der Waals surface area contributed by atoms with Crippen molar-refractivity contribution in [3.63, 3.8) is 0 Å². The fourth-order valence-electron chi connectivity index (χ4n) is 9.33. The number of allylic oxidation sites excluding steroid dienone is 4. The van der Waals surface area contributed by atoms with Crippen molar-refractivity contribution < 1.29 is 4.74 Å². The van der Waals surface area contributed by atoms with E-state index in [2.05, 4.69) is 127 Å². The molecule has 0 bridgehead atoms. The average molecular weight is 743 g/mol. The molecule has 3 aliphatic rings. The summed E-state index contributed by atoms with van der Waals surface area (Å²) in [5.74, 6) is 3.81. The van der Waals surface area contributed by atoms with Gasteiger partial charge in [-0.15, -0.1) is 0 Å². The number of nitriles is 1. The number of hydrogen-bond acceptors (Lipinski definition) is 5. The zero-order valence-electron chi connectivity index (χ0n) is 31.3. The molecule has 8 aromatic rings. The SMILES string of the molecule is N#Cc1ccc2c(c1)Oc1cc(-c3cccc(-c4cccc(-c5nc(-c6ccccc6)nc(-c6ccccc6)n5)c4)c3)ccc1C21c2ccccc2C2C=CC=CC21. The van der Waals surface area contributed by atoms with Crippen LogP contribution in [0.25, 0.3) is 56.4 Å². The van der Waals surface area contributed by atoms with Crippen molar-refractivity contribution in [1.82, 2.24) is 15.0 Å². The molecule has 11 rings (SSSR count). The van der Waals surface area contributed by atoms with E-state index in [1.165, 1.54) is 11.1 Å². The fraction of sp³-hybridized carbons (Fsp3) is 0.0566. The topological polar surface area (TPSA) is 71.7 Å². The van der Waals surface area contributed by atoms with Gasteiger partial charge in [-0.2, -0.15) is 5.26 Å². The minimum absolute atomic E-state index is 0.155. The van der Waals surface area contributed by atoms with E-state index in [9.17, 15) is 5.26 Å². The summed E-state index contributed by atoms with van der Waals surface area (Å²) >= 11 is 0. The third kappa shape index (κ3) is 5.34. The van der Waals surface area contributed by atoms with Crippen molar-refractivity contribution in [1.29, 1.82) is 5.26 Å². The zero-order valence-corrected chi connectivity index (χ0v) is 31.3. The van der Waals surface area contributed by atoms with Crippen molar-refractivity contribution in [2.75, 3.05) is 0 Å². The van der Waals surface area contributed by atoms with E-state index in [0.29, 0.717) is 23.0 Å². The largest absolute Gasteiger partial charge is 0.457 e. The Morgan fingerprint density at radius 2 is 0.966 bits per heavy atom. The van der Waals surface area contributed by atoms with Gasteiger partial charge in [-0.3, -0.25) is 0 Å². The molecule has 2 heterocycles. The van der Waals surface area contributed by atoms with Crippen LogP contribution in [0.15, 0.2) is 194 Å². The smallest absolute Gasteiger partial charge is 0.164 e. The number of ether oxygens (including phenoxy) is 1. The van der Waals surface area contributed by atoms with Crippen LogP contribution in [0.2, 0.25) is 0 Å². The van der Waals surface area contributed by atoms with E-state index in [4.69, 9.17) is 19.7 Å². The predicted molar refractivity (Wildman–Crippen MR) is 229 cm³/mol. The molecule has 272 valence electrons. The summed E-state index contributed by atoms with van der Waals surface area (Å²) in [6, 6.07) is 60.9. The standard InChI is InChI=1S/C53H34N4O/c54-33-34-25-27-46-48(29-34)58-49-32-40(26-28-47(49)53(46)44-23-9-7-21-42(44)43-22-8-10-24-45(43)53)38-18-11-17-37(30-38)39-19-12-20-41(31-39)52-56-50(35-13-3-1-4-14-35)55-51(57-52)36-15-5-2-6-16-36/h1-32,42,44H. The summed E-state index contributed by atoms with van der Waals surface area (Å²) in [6.45, 7) is 0. The fourth-order valence-corrected chi connectivity index (χ4v) is 9.33. The lowest BCUT2D eigenvalue weighted by Gasteiger charge is -2.43. The van der Waals surface area contributed by atoms with E-state index in [0.717, 1.165) is 61.6 Å². The first kappa shape index (κ1) is 33.6. The van der Waals surface area contributed by atoms with E-state index in [-0.39, 0.29) is 11.8 Å². The Hall–Kier alpha value is -7.68. The maximum Gasteiger partial charge on any atom is 0.164 e. The van der Waals surface area contributed by atoms with Gasteiger partial charge in [-0.05, 0) is 63.7 Å². The maximum atomic E-state index is 9.91. The number of benzene rings is 7. The van der Waals surface area contributed by atoms with Crippen LogP contribution in [0.4, 0.5) is 0 Å². The van der Waals surface area contributed by atoms with Crippen molar-refractivity contribution in [2.24, 2.45) is 5.92 Å². The molecule has 1 aromatic heterocycles. The highest BCUT2D eigenvalue weighted by molar-refractivity contribution is 5.79. The lowest BCUT2D eigenvalue weighted by molar-refractivity contribution is 0.374. The van der Waals surface area contributed by atoms with E-state index in [1.807, 2.05) is 72.8 Å². The van der Waals surface area contributed by atoms with Gasteiger partial charge in [0.15, 0.2) is 17.5 Å². The summed E-state index contributed by atoms with van der Waals surface area (Å²) in [5.41, 5.74) is 12.0. The Bertz CT molecular complexity index is 2960. The van der Waals surface area contributed by atoms with Gasteiger partial charge in [-0.1, -0.05) is 164 Å². The Balaban J connectivity index is 1.00. The maximum absolute atomic E-state index is 9.91. The molecule has 7 aromatic carbocycles. The quantitative estimate of drug-likeness (QED) is 0.176. The molecule has 0 radical (unpaired) electrons. The molecule has 2 aliphatic carbocycles. The van der Waals surface area contributed by atoms with Gasteiger partial charge in [0.1, 0.15) is 11.5 Å². The number of hydrogen-bond donors (Lipinski definition) is 0. The molecule has 3 unspecified atom stereocenters. The molecule has 0 N–H and O–H groups in total. The van der Waals surface area contributed by atoms with E-state index < -0.39 is 5.41 Å². The van der Waals surface area contributed by atoms with Gasteiger partial charge < -0.3 is 4.74 Å². The second-order valence-corrected chi connectivity index (χ2v) is 15.1. The van der Waals surface area contributed by atoms with Crippen LogP contribution in [0, 0.1) is 17.2 Å². The minimum Gasteiger partial charge on any atom is -0.457 e. The van der Waals surface area contributed by atoms with Crippen molar-refractivity contribution in [2.45, 2.75) is 11.3 Å². The minimum atomic E-state index is -0.476. The van der Waals surface area contributed by atoms with Gasteiger partial charge in [0.05, 0.1) is 17.0 Å². The number of aromatic nitrogens is 3. The molecule has 5 nitrogen and oxygen atoms in total. The first-order valence-electron chi connectivity index (χ1n) is 19.6.